The maximum Gasteiger partial charge on any atom is 0.248 e. The maximum atomic E-state index is 12.8. The van der Waals surface area contributed by atoms with Crippen molar-refractivity contribution < 1.29 is 14.3 Å². The van der Waals surface area contributed by atoms with Crippen LogP contribution >= 0.6 is 0 Å². The number of carbonyl (C=O) groups is 2. The van der Waals surface area contributed by atoms with Crippen molar-refractivity contribution in [2.75, 3.05) is 19.8 Å². The second-order valence-corrected chi connectivity index (χ2v) is 6.00. The highest BCUT2D eigenvalue weighted by Crippen LogP contribution is 2.27. The van der Waals surface area contributed by atoms with Gasteiger partial charge in [0, 0.05) is 13.2 Å². The van der Waals surface area contributed by atoms with Crippen LogP contribution in [0.1, 0.15) is 46.5 Å². The molecule has 2 unspecified atom stereocenters. The van der Waals surface area contributed by atoms with Crippen molar-refractivity contribution in [1.29, 1.82) is 0 Å². The third-order valence-electron chi connectivity index (χ3n) is 4.80. The summed E-state index contributed by atoms with van der Waals surface area (Å²) >= 11 is 0. The van der Waals surface area contributed by atoms with Crippen molar-refractivity contribution in [3.8, 4) is 0 Å². The van der Waals surface area contributed by atoms with Gasteiger partial charge >= 0.3 is 0 Å². The Morgan fingerprint density at radius 1 is 1.35 bits per heavy atom. The van der Waals surface area contributed by atoms with Crippen LogP contribution in [-0.2, 0) is 14.3 Å². The highest BCUT2D eigenvalue weighted by Gasteiger charge is 2.47. The Balaban J connectivity index is 2.15. The van der Waals surface area contributed by atoms with E-state index < -0.39 is 5.54 Å². The summed E-state index contributed by atoms with van der Waals surface area (Å²) in [7, 11) is 0. The molecule has 0 aromatic heterocycles. The number of hydrogen-bond donors (Lipinski definition) is 1. The largest absolute Gasteiger partial charge is 0.381 e. The Labute approximate surface area is 121 Å². The van der Waals surface area contributed by atoms with Gasteiger partial charge in [0.2, 0.25) is 11.8 Å². The molecule has 0 aromatic carbocycles. The molecule has 2 aliphatic heterocycles. The number of hydrogen-bond acceptors (Lipinski definition) is 3. The summed E-state index contributed by atoms with van der Waals surface area (Å²) < 4.78 is 5.49. The molecule has 2 saturated heterocycles. The highest BCUT2D eigenvalue weighted by atomic mass is 16.5. The van der Waals surface area contributed by atoms with E-state index >= 15 is 0 Å². The van der Waals surface area contributed by atoms with Gasteiger partial charge in [-0.2, -0.15) is 0 Å². The van der Waals surface area contributed by atoms with E-state index in [1.165, 1.54) is 0 Å². The normalized spacial score (nSPS) is 30.2. The van der Waals surface area contributed by atoms with Gasteiger partial charge in [-0.3, -0.25) is 9.59 Å². The lowest BCUT2D eigenvalue weighted by Gasteiger charge is -2.45. The molecule has 0 radical (unpaired) electrons. The standard InChI is InChI=1S/C15H26N2O3/c1-4-15(5-2)14(19)17(11(3)13(18)16-15)9-12-7-6-8-20-10-12/h11-12H,4-10H2,1-3H3,(H,16,18). The quantitative estimate of drug-likeness (QED) is 0.846. The van der Waals surface area contributed by atoms with Crippen LogP contribution < -0.4 is 5.32 Å². The number of nitrogens with zero attached hydrogens (tertiary/aromatic N) is 1. The molecule has 0 bridgehead atoms. The van der Waals surface area contributed by atoms with Gasteiger partial charge in [0.05, 0.1) is 6.61 Å². The lowest BCUT2D eigenvalue weighted by molar-refractivity contribution is -0.156. The number of amides is 2. The van der Waals surface area contributed by atoms with E-state index in [1.807, 2.05) is 20.8 Å². The summed E-state index contributed by atoms with van der Waals surface area (Å²) in [5, 5.41) is 2.93. The molecule has 20 heavy (non-hydrogen) atoms. The first-order valence-electron chi connectivity index (χ1n) is 7.75. The second-order valence-electron chi connectivity index (χ2n) is 6.00. The van der Waals surface area contributed by atoms with Crippen LogP contribution in [0.15, 0.2) is 0 Å². The molecular weight excluding hydrogens is 256 g/mol. The Morgan fingerprint density at radius 3 is 2.60 bits per heavy atom. The van der Waals surface area contributed by atoms with Gasteiger partial charge in [-0.15, -0.1) is 0 Å². The SMILES string of the molecule is CCC1(CC)NC(=O)C(C)N(CC2CCCOC2)C1=O. The van der Waals surface area contributed by atoms with E-state index in [0.29, 0.717) is 31.9 Å². The zero-order chi connectivity index (χ0) is 14.8. The molecule has 5 heteroatoms. The van der Waals surface area contributed by atoms with Crippen molar-refractivity contribution in [3.63, 3.8) is 0 Å². The van der Waals surface area contributed by atoms with Gasteiger partial charge < -0.3 is 15.0 Å². The van der Waals surface area contributed by atoms with Crippen LogP contribution in [0.2, 0.25) is 0 Å². The van der Waals surface area contributed by atoms with E-state index in [4.69, 9.17) is 4.74 Å². The molecule has 2 atom stereocenters. The molecule has 0 saturated carbocycles. The lowest BCUT2D eigenvalue weighted by atomic mass is 9.86. The van der Waals surface area contributed by atoms with Crippen LogP contribution in [0, 0.1) is 5.92 Å². The van der Waals surface area contributed by atoms with Crippen molar-refractivity contribution in [2.45, 2.75) is 58.0 Å². The summed E-state index contributed by atoms with van der Waals surface area (Å²) in [4.78, 5) is 26.8. The molecule has 2 heterocycles. The van der Waals surface area contributed by atoms with Gasteiger partial charge in [0.1, 0.15) is 11.6 Å². The van der Waals surface area contributed by atoms with E-state index in [2.05, 4.69) is 5.32 Å². The summed E-state index contributed by atoms with van der Waals surface area (Å²) in [6, 6.07) is -0.379. The minimum absolute atomic E-state index is 0.0370. The topological polar surface area (TPSA) is 58.6 Å². The fourth-order valence-electron chi connectivity index (χ4n) is 3.19. The molecule has 5 nitrogen and oxygen atoms in total. The zero-order valence-corrected chi connectivity index (χ0v) is 12.8. The Hall–Kier alpha value is -1.10. The predicted octanol–water partition coefficient (Wildman–Crippen LogP) is 1.32. The number of ether oxygens (including phenoxy) is 1. The van der Waals surface area contributed by atoms with Crippen LogP contribution in [0.3, 0.4) is 0 Å². The van der Waals surface area contributed by atoms with Crippen LogP contribution in [0.5, 0.6) is 0 Å². The molecule has 1 N–H and O–H groups in total. The Bertz CT molecular complexity index is 373. The summed E-state index contributed by atoms with van der Waals surface area (Å²) in [5.41, 5.74) is -0.709. The molecule has 2 fully saturated rings. The van der Waals surface area contributed by atoms with E-state index in [9.17, 15) is 9.59 Å². The van der Waals surface area contributed by atoms with Crippen molar-refractivity contribution in [2.24, 2.45) is 5.92 Å². The Kier molecular flexibility index (Phi) is 4.68. The van der Waals surface area contributed by atoms with Gasteiger partial charge in [-0.25, -0.2) is 0 Å². The van der Waals surface area contributed by atoms with E-state index in [0.717, 1.165) is 19.4 Å². The lowest BCUT2D eigenvalue weighted by Crippen LogP contribution is -2.69. The summed E-state index contributed by atoms with van der Waals surface area (Å²) in [5.74, 6) is 0.387. The minimum Gasteiger partial charge on any atom is -0.381 e. The van der Waals surface area contributed by atoms with Crippen LogP contribution in [0.4, 0.5) is 0 Å². The molecule has 2 amide bonds. The van der Waals surface area contributed by atoms with Gasteiger partial charge in [-0.1, -0.05) is 13.8 Å². The number of carbonyl (C=O) groups excluding carboxylic acids is 2. The first-order valence-corrected chi connectivity index (χ1v) is 7.75. The van der Waals surface area contributed by atoms with E-state index in [1.54, 1.807) is 4.90 Å². The Morgan fingerprint density at radius 2 is 2.05 bits per heavy atom. The van der Waals surface area contributed by atoms with Crippen LogP contribution in [0.25, 0.3) is 0 Å². The monoisotopic (exact) mass is 282 g/mol. The fraction of sp³-hybridized carbons (Fsp3) is 0.867. The fourth-order valence-corrected chi connectivity index (χ4v) is 3.19. The second kappa shape index (κ2) is 6.12. The van der Waals surface area contributed by atoms with Gasteiger partial charge in [0.15, 0.2) is 0 Å². The third kappa shape index (κ3) is 2.68. The molecule has 2 aliphatic rings. The predicted molar refractivity (Wildman–Crippen MR) is 76.2 cm³/mol. The maximum absolute atomic E-state index is 12.8. The molecule has 0 aromatic rings. The summed E-state index contributed by atoms with van der Waals surface area (Å²) in [6.45, 7) is 7.87. The van der Waals surface area contributed by atoms with Crippen molar-refractivity contribution >= 4 is 11.8 Å². The van der Waals surface area contributed by atoms with Crippen molar-refractivity contribution in [3.05, 3.63) is 0 Å². The zero-order valence-electron chi connectivity index (χ0n) is 12.8. The average Bonchev–Trinajstić information content (AvgIpc) is 2.48. The number of rotatable bonds is 4. The number of nitrogens with one attached hydrogen (secondary N) is 1. The average molecular weight is 282 g/mol. The minimum atomic E-state index is -0.709. The number of piperazine rings is 1. The molecule has 0 aliphatic carbocycles. The highest BCUT2D eigenvalue weighted by molar-refractivity contribution is 5.99. The first-order chi connectivity index (χ1) is 9.54. The molecule has 0 spiro atoms. The van der Waals surface area contributed by atoms with E-state index in [-0.39, 0.29) is 17.9 Å². The molecule has 2 rings (SSSR count). The first kappa shape index (κ1) is 15.3. The van der Waals surface area contributed by atoms with Gasteiger partial charge in [0.25, 0.3) is 0 Å². The molecule has 114 valence electrons. The third-order valence-corrected chi connectivity index (χ3v) is 4.80. The van der Waals surface area contributed by atoms with Gasteiger partial charge in [-0.05, 0) is 38.5 Å². The summed E-state index contributed by atoms with van der Waals surface area (Å²) in [6.07, 6.45) is 3.39. The van der Waals surface area contributed by atoms with Crippen LogP contribution in [-0.4, -0.2) is 48.1 Å². The molecular formula is C15H26N2O3. The smallest absolute Gasteiger partial charge is 0.248 e. The van der Waals surface area contributed by atoms with Crippen molar-refractivity contribution in [1.82, 2.24) is 10.2 Å².